The molecule has 5 rings (SSSR count). The van der Waals surface area contributed by atoms with Gasteiger partial charge in [-0.2, -0.15) is 0 Å². The third kappa shape index (κ3) is 3.46. The maximum atomic E-state index is 2.33. The molecule has 0 N–H and O–H groups in total. The van der Waals surface area contributed by atoms with Gasteiger partial charge in [0.15, 0.2) is 0 Å². The molecule has 0 saturated carbocycles. The fourth-order valence-electron chi connectivity index (χ4n) is 4.31. The van der Waals surface area contributed by atoms with E-state index in [0.29, 0.717) is 8.58 Å². The van der Waals surface area contributed by atoms with Gasteiger partial charge in [-0.15, -0.1) is 0 Å². The molecule has 0 radical (unpaired) electrons. The van der Waals surface area contributed by atoms with Gasteiger partial charge in [0, 0.05) is 0 Å². The lowest BCUT2D eigenvalue weighted by Crippen LogP contribution is -2.08. The predicted molar refractivity (Wildman–Crippen MR) is 130 cm³/mol. The lowest BCUT2D eigenvalue weighted by molar-refractivity contribution is 1.41. The number of hydrogen-bond acceptors (Lipinski definition) is 0. The molecule has 0 saturated heterocycles. The van der Waals surface area contributed by atoms with Gasteiger partial charge < -0.3 is 0 Å². The van der Waals surface area contributed by atoms with Crippen LogP contribution in [0.1, 0.15) is 11.1 Å². The second-order valence-electron chi connectivity index (χ2n) is 7.74. The lowest BCUT2D eigenvalue weighted by Gasteiger charge is -2.16. The van der Waals surface area contributed by atoms with E-state index in [0.717, 1.165) is 0 Å². The molecule has 5 aromatic rings. The molecule has 0 heterocycles. The first kappa shape index (κ1) is 18.1. The van der Waals surface area contributed by atoms with Crippen molar-refractivity contribution in [2.45, 2.75) is 13.8 Å². The first-order chi connectivity index (χ1) is 14.2. The van der Waals surface area contributed by atoms with Crippen LogP contribution in [0.25, 0.3) is 32.7 Å². The second-order valence-corrected chi connectivity index (χ2v) is 9.10. The summed E-state index contributed by atoms with van der Waals surface area (Å²) in [5.41, 5.74) is 5.36. The molecule has 140 valence electrons. The van der Waals surface area contributed by atoms with Gasteiger partial charge in [0.25, 0.3) is 0 Å². The minimum atomic E-state index is 0.628. The molecule has 0 aliphatic rings. The molecule has 0 bridgehead atoms. The van der Waals surface area contributed by atoms with Gasteiger partial charge in [0.05, 0.1) is 0 Å². The zero-order valence-corrected chi connectivity index (χ0v) is 17.7. The van der Waals surface area contributed by atoms with Crippen LogP contribution in [-0.2, 0) is 0 Å². The van der Waals surface area contributed by atoms with Gasteiger partial charge in [-0.25, -0.2) is 0 Å². The van der Waals surface area contributed by atoms with Gasteiger partial charge in [0.1, 0.15) is 0 Å². The molecule has 0 aromatic heterocycles. The molecule has 0 spiro atoms. The Morgan fingerprint density at radius 2 is 1.17 bits per heavy atom. The molecule has 0 nitrogen and oxygen atoms in total. The Bertz CT molecular complexity index is 1320. The standard InChI is InChI=1S/C28H23P/c1-19-16-20(2)18-23(17-19)29-27-15-14-22-9-4-6-12-25(22)28(27)26-13-7-10-21-8-3-5-11-24(21)26/h3-18,29H,1-2H3. The highest BCUT2D eigenvalue weighted by Crippen LogP contribution is 2.35. The third-order valence-electron chi connectivity index (χ3n) is 5.49. The fraction of sp³-hybridized carbons (Fsp3) is 0.0714. The van der Waals surface area contributed by atoms with Crippen LogP contribution in [0.2, 0.25) is 0 Å². The Kier molecular flexibility index (Phi) is 4.66. The van der Waals surface area contributed by atoms with Gasteiger partial charge >= 0.3 is 0 Å². The van der Waals surface area contributed by atoms with Gasteiger partial charge in [-0.1, -0.05) is 117 Å². The largest absolute Gasteiger partial charge is 0.0616 e. The van der Waals surface area contributed by atoms with Crippen LogP contribution in [0.15, 0.2) is 97.1 Å². The summed E-state index contributed by atoms with van der Waals surface area (Å²) in [4.78, 5) is 0. The van der Waals surface area contributed by atoms with Crippen LogP contribution in [0.4, 0.5) is 0 Å². The molecule has 0 fully saturated rings. The summed E-state index contributed by atoms with van der Waals surface area (Å²) in [5, 5.41) is 8.04. The van der Waals surface area contributed by atoms with Crippen molar-refractivity contribution in [2.75, 3.05) is 0 Å². The van der Waals surface area contributed by atoms with Gasteiger partial charge in [-0.05, 0) is 57.1 Å². The maximum Gasteiger partial charge on any atom is -0.00215 e. The van der Waals surface area contributed by atoms with Crippen LogP contribution >= 0.6 is 8.58 Å². The van der Waals surface area contributed by atoms with E-state index in [1.165, 1.54) is 54.4 Å². The molecule has 1 atom stereocenters. The number of aryl methyl sites for hydroxylation is 2. The fourth-order valence-corrected chi connectivity index (χ4v) is 5.78. The summed E-state index contributed by atoms with van der Waals surface area (Å²) in [5.74, 6) is 0. The summed E-state index contributed by atoms with van der Waals surface area (Å²) < 4.78 is 0. The molecule has 0 aliphatic carbocycles. The van der Waals surface area contributed by atoms with Gasteiger partial charge in [0.2, 0.25) is 0 Å². The van der Waals surface area contributed by atoms with Gasteiger partial charge in [-0.3, -0.25) is 0 Å². The molecular formula is C28H23P. The zero-order chi connectivity index (χ0) is 19.8. The number of fused-ring (bicyclic) bond motifs is 2. The highest BCUT2D eigenvalue weighted by atomic mass is 31.1. The van der Waals surface area contributed by atoms with E-state index in [1.54, 1.807) is 0 Å². The topological polar surface area (TPSA) is 0 Å². The first-order valence-corrected chi connectivity index (χ1v) is 11.0. The van der Waals surface area contributed by atoms with Crippen molar-refractivity contribution in [2.24, 2.45) is 0 Å². The highest BCUT2D eigenvalue weighted by molar-refractivity contribution is 7.56. The monoisotopic (exact) mass is 390 g/mol. The summed E-state index contributed by atoms with van der Waals surface area (Å²) in [7, 11) is 0.628. The summed E-state index contributed by atoms with van der Waals surface area (Å²) in [6.07, 6.45) is 0. The molecular weight excluding hydrogens is 367 g/mol. The van der Waals surface area contributed by atoms with E-state index in [-0.39, 0.29) is 0 Å². The third-order valence-corrected chi connectivity index (χ3v) is 6.75. The number of rotatable bonds is 3. The summed E-state index contributed by atoms with van der Waals surface area (Å²) in [6.45, 7) is 4.37. The summed E-state index contributed by atoms with van der Waals surface area (Å²) >= 11 is 0. The zero-order valence-electron chi connectivity index (χ0n) is 16.7. The Morgan fingerprint density at radius 1 is 0.552 bits per heavy atom. The van der Waals surface area contributed by atoms with E-state index in [2.05, 4.69) is 111 Å². The van der Waals surface area contributed by atoms with Crippen molar-refractivity contribution < 1.29 is 0 Å². The van der Waals surface area contributed by atoms with Crippen molar-refractivity contribution in [1.82, 2.24) is 0 Å². The molecule has 5 aromatic carbocycles. The van der Waals surface area contributed by atoms with Crippen LogP contribution in [0.3, 0.4) is 0 Å². The maximum absolute atomic E-state index is 2.33. The lowest BCUT2D eigenvalue weighted by atomic mass is 9.94. The first-order valence-electron chi connectivity index (χ1n) is 10.0. The van der Waals surface area contributed by atoms with Crippen molar-refractivity contribution in [1.29, 1.82) is 0 Å². The average Bonchev–Trinajstić information content (AvgIpc) is 2.73. The number of benzene rings is 5. The van der Waals surface area contributed by atoms with E-state index in [9.17, 15) is 0 Å². The summed E-state index contributed by atoms with van der Waals surface area (Å²) in [6, 6.07) is 35.6. The average molecular weight is 390 g/mol. The molecule has 1 unspecified atom stereocenters. The van der Waals surface area contributed by atoms with E-state index >= 15 is 0 Å². The Hall–Kier alpha value is -2.95. The molecule has 0 amide bonds. The van der Waals surface area contributed by atoms with Crippen LogP contribution in [-0.4, -0.2) is 0 Å². The Balaban J connectivity index is 1.79. The quantitative estimate of drug-likeness (QED) is 0.294. The highest BCUT2D eigenvalue weighted by Gasteiger charge is 2.13. The van der Waals surface area contributed by atoms with Crippen molar-refractivity contribution in [3.63, 3.8) is 0 Å². The van der Waals surface area contributed by atoms with Crippen LogP contribution in [0, 0.1) is 13.8 Å². The van der Waals surface area contributed by atoms with Crippen molar-refractivity contribution in [3.05, 3.63) is 108 Å². The Labute approximate surface area is 174 Å². The van der Waals surface area contributed by atoms with Crippen molar-refractivity contribution >= 4 is 40.7 Å². The van der Waals surface area contributed by atoms with Crippen LogP contribution < -0.4 is 10.6 Å². The Morgan fingerprint density at radius 3 is 1.93 bits per heavy atom. The predicted octanol–water partition coefficient (Wildman–Crippen LogP) is 6.91. The second kappa shape index (κ2) is 7.47. The van der Waals surface area contributed by atoms with Crippen molar-refractivity contribution in [3.8, 4) is 11.1 Å². The normalized spacial score (nSPS) is 11.7. The van der Waals surface area contributed by atoms with E-state index < -0.39 is 0 Å². The minimum Gasteiger partial charge on any atom is -0.0616 e. The van der Waals surface area contributed by atoms with Crippen LogP contribution in [0.5, 0.6) is 0 Å². The van der Waals surface area contributed by atoms with E-state index in [4.69, 9.17) is 0 Å². The van der Waals surface area contributed by atoms with E-state index in [1.807, 2.05) is 0 Å². The number of hydrogen-bond donors (Lipinski definition) is 0. The smallest absolute Gasteiger partial charge is 0.00215 e. The molecule has 29 heavy (non-hydrogen) atoms. The minimum absolute atomic E-state index is 0.628. The SMILES string of the molecule is Cc1cc(C)cc(Pc2ccc3ccccc3c2-c2cccc3ccccc23)c1. The molecule has 0 aliphatic heterocycles. The molecule has 1 heteroatoms.